The summed E-state index contributed by atoms with van der Waals surface area (Å²) in [5.41, 5.74) is 3.06. The third-order valence-electron chi connectivity index (χ3n) is 5.10. The van der Waals surface area contributed by atoms with Crippen LogP contribution in [-0.4, -0.2) is 61.4 Å². The van der Waals surface area contributed by atoms with Crippen LogP contribution in [0.15, 0.2) is 30.3 Å². The van der Waals surface area contributed by atoms with E-state index in [0.29, 0.717) is 31.4 Å². The molecule has 0 radical (unpaired) electrons. The quantitative estimate of drug-likeness (QED) is 0.773. The van der Waals surface area contributed by atoms with Crippen molar-refractivity contribution in [2.24, 2.45) is 0 Å². The van der Waals surface area contributed by atoms with Crippen LogP contribution in [0.5, 0.6) is 0 Å². The summed E-state index contributed by atoms with van der Waals surface area (Å²) < 4.78 is 11.0. The van der Waals surface area contributed by atoms with Gasteiger partial charge in [0.25, 0.3) is 5.91 Å². The lowest BCUT2D eigenvalue weighted by Crippen LogP contribution is -2.36. The van der Waals surface area contributed by atoms with Gasteiger partial charge in [-0.2, -0.15) is 0 Å². The van der Waals surface area contributed by atoms with Crippen LogP contribution in [0.1, 0.15) is 29.0 Å². The lowest BCUT2D eigenvalue weighted by molar-refractivity contribution is 0.0853. The van der Waals surface area contributed by atoms with Gasteiger partial charge in [0.1, 0.15) is 5.69 Å². The van der Waals surface area contributed by atoms with Crippen LogP contribution < -0.4 is 15.5 Å². The molecule has 1 aromatic heterocycles. The third-order valence-corrected chi connectivity index (χ3v) is 5.10. The minimum Gasteiger partial charge on any atom is -0.378 e. The molecule has 3 heterocycles. The molecule has 8 heteroatoms. The fourth-order valence-electron chi connectivity index (χ4n) is 3.62. The zero-order chi connectivity index (χ0) is 20.1. The Morgan fingerprint density at radius 3 is 2.83 bits per heavy atom. The summed E-state index contributed by atoms with van der Waals surface area (Å²) in [5.74, 6) is 0.198. The summed E-state index contributed by atoms with van der Waals surface area (Å²) in [6.07, 6.45) is 2.12. The van der Waals surface area contributed by atoms with Crippen LogP contribution in [0.25, 0.3) is 0 Å². The van der Waals surface area contributed by atoms with Crippen LogP contribution in [-0.2, 0) is 9.47 Å². The topological polar surface area (TPSA) is 88.6 Å². The molecule has 29 heavy (non-hydrogen) atoms. The molecule has 2 N–H and O–H groups in total. The van der Waals surface area contributed by atoms with E-state index in [1.807, 2.05) is 25.1 Å². The molecule has 1 atom stereocenters. The fourth-order valence-corrected chi connectivity index (χ4v) is 3.62. The first-order valence-corrected chi connectivity index (χ1v) is 10.1. The Morgan fingerprint density at radius 1 is 1.21 bits per heavy atom. The number of benzene rings is 1. The first-order valence-electron chi connectivity index (χ1n) is 10.1. The number of nitrogens with zero attached hydrogens (tertiary/aromatic N) is 3. The van der Waals surface area contributed by atoms with Crippen molar-refractivity contribution in [2.75, 3.05) is 49.7 Å². The highest BCUT2D eigenvalue weighted by Gasteiger charge is 2.19. The smallest absolute Gasteiger partial charge is 0.270 e. The second-order valence-corrected chi connectivity index (χ2v) is 7.30. The molecule has 0 aliphatic carbocycles. The number of amides is 1. The van der Waals surface area contributed by atoms with E-state index in [0.717, 1.165) is 49.6 Å². The van der Waals surface area contributed by atoms with Gasteiger partial charge in [-0.15, -0.1) is 0 Å². The lowest BCUT2D eigenvalue weighted by atomic mass is 10.2. The minimum atomic E-state index is -0.212. The molecule has 2 aliphatic heterocycles. The largest absolute Gasteiger partial charge is 0.378 e. The first kappa shape index (κ1) is 19.6. The molecular formula is C21H27N5O3. The van der Waals surface area contributed by atoms with Crippen molar-refractivity contribution in [3.05, 3.63) is 41.7 Å². The summed E-state index contributed by atoms with van der Waals surface area (Å²) in [4.78, 5) is 23.7. The molecular weight excluding hydrogens is 370 g/mol. The summed E-state index contributed by atoms with van der Waals surface area (Å²) >= 11 is 0. The minimum absolute atomic E-state index is 0.0971. The molecule has 2 aliphatic rings. The Bertz CT molecular complexity index is 848. The molecule has 2 saturated heterocycles. The number of anilines is 3. The molecule has 0 bridgehead atoms. The molecule has 1 aromatic carbocycles. The molecule has 4 rings (SSSR count). The number of ether oxygens (including phenoxy) is 2. The van der Waals surface area contributed by atoms with Gasteiger partial charge in [0.15, 0.2) is 0 Å². The Labute approximate surface area is 170 Å². The van der Waals surface area contributed by atoms with Gasteiger partial charge in [-0.25, -0.2) is 9.97 Å². The average Bonchev–Trinajstić information content (AvgIpc) is 3.26. The number of rotatable bonds is 6. The Morgan fingerprint density at radius 2 is 2.03 bits per heavy atom. The van der Waals surface area contributed by atoms with Crippen molar-refractivity contribution in [3.63, 3.8) is 0 Å². The van der Waals surface area contributed by atoms with E-state index in [-0.39, 0.29) is 12.0 Å². The van der Waals surface area contributed by atoms with Crippen molar-refractivity contribution in [1.82, 2.24) is 15.3 Å². The number of aromatic nitrogens is 2. The monoisotopic (exact) mass is 397 g/mol. The second-order valence-electron chi connectivity index (χ2n) is 7.30. The van der Waals surface area contributed by atoms with Crippen LogP contribution >= 0.6 is 0 Å². The molecule has 2 fully saturated rings. The number of para-hydroxylation sites is 2. The molecule has 0 spiro atoms. The fraction of sp³-hybridized carbons (Fsp3) is 0.476. The summed E-state index contributed by atoms with van der Waals surface area (Å²) in [6, 6.07) is 9.74. The van der Waals surface area contributed by atoms with Gasteiger partial charge in [-0.1, -0.05) is 12.1 Å². The van der Waals surface area contributed by atoms with Crippen molar-refractivity contribution < 1.29 is 14.3 Å². The van der Waals surface area contributed by atoms with Crippen LogP contribution in [0.4, 0.5) is 17.3 Å². The summed E-state index contributed by atoms with van der Waals surface area (Å²) in [5, 5.41) is 6.21. The third kappa shape index (κ3) is 5.02. The van der Waals surface area contributed by atoms with Crippen molar-refractivity contribution in [2.45, 2.75) is 25.9 Å². The van der Waals surface area contributed by atoms with Crippen molar-refractivity contribution >= 4 is 23.2 Å². The van der Waals surface area contributed by atoms with E-state index in [9.17, 15) is 4.79 Å². The van der Waals surface area contributed by atoms with Crippen LogP contribution in [0.2, 0.25) is 0 Å². The van der Waals surface area contributed by atoms with Gasteiger partial charge in [0.05, 0.1) is 30.7 Å². The molecule has 2 aromatic rings. The van der Waals surface area contributed by atoms with Gasteiger partial charge in [0, 0.05) is 31.9 Å². The Kier molecular flexibility index (Phi) is 6.21. The van der Waals surface area contributed by atoms with Gasteiger partial charge in [0.2, 0.25) is 5.95 Å². The summed E-state index contributed by atoms with van der Waals surface area (Å²) in [7, 11) is 0. The predicted molar refractivity (Wildman–Crippen MR) is 111 cm³/mol. The first-order chi connectivity index (χ1) is 14.2. The predicted octanol–water partition coefficient (Wildman–Crippen LogP) is 2.27. The zero-order valence-electron chi connectivity index (χ0n) is 16.7. The van der Waals surface area contributed by atoms with E-state index in [4.69, 9.17) is 9.47 Å². The maximum absolute atomic E-state index is 12.6. The van der Waals surface area contributed by atoms with E-state index in [1.54, 1.807) is 6.07 Å². The lowest BCUT2D eigenvalue weighted by Gasteiger charge is -2.30. The van der Waals surface area contributed by atoms with Gasteiger partial charge in [-0.05, 0) is 38.0 Å². The maximum Gasteiger partial charge on any atom is 0.270 e. The normalized spacial score (nSPS) is 19.2. The van der Waals surface area contributed by atoms with E-state index in [2.05, 4.69) is 31.6 Å². The van der Waals surface area contributed by atoms with E-state index in [1.165, 1.54) is 0 Å². The van der Waals surface area contributed by atoms with E-state index < -0.39 is 0 Å². The Hall–Kier alpha value is -2.71. The number of morpholine rings is 1. The van der Waals surface area contributed by atoms with Gasteiger partial charge >= 0.3 is 0 Å². The Balaban J connectivity index is 1.48. The van der Waals surface area contributed by atoms with Gasteiger partial charge in [-0.3, -0.25) is 4.79 Å². The average molecular weight is 397 g/mol. The molecule has 154 valence electrons. The number of hydrogen-bond donors (Lipinski definition) is 2. The second kappa shape index (κ2) is 9.19. The summed E-state index contributed by atoms with van der Waals surface area (Å²) in [6.45, 7) is 6.23. The number of nitrogens with one attached hydrogen (secondary N) is 2. The molecule has 8 nitrogen and oxygen atoms in total. The molecule has 1 unspecified atom stereocenters. The highest BCUT2D eigenvalue weighted by molar-refractivity contribution is 5.92. The highest BCUT2D eigenvalue weighted by atomic mass is 16.5. The van der Waals surface area contributed by atoms with Gasteiger partial charge < -0.3 is 25.0 Å². The van der Waals surface area contributed by atoms with E-state index >= 15 is 0 Å². The van der Waals surface area contributed by atoms with Crippen molar-refractivity contribution in [1.29, 1.82) is 0 Å². The van der Waals surface area contributed by atoms with Crippen LogP contribution in [0.3, 0.4) is 0 Å². The zero-order valence-corrected chi connectivity index (χ0v) is 16.7. The highest BCUT2D eigenvalue weighted by Crippen LogP contribution is 2.28. The number of hydrogen-bond acceptors (Lipinski definition) is 7. The number of aryl methyl sites for hydroxylation is 1. The SMILES string of the molecule is Cc1cc(C(=O)NCC2CCCO2)nc(Nc2ccccc2N2CCOCC2)n1. The maximum atomic E-state index is 12.6. The molecule has 0 saturated carbocycles. The molecule has 1 amide bonds. The van der Waals surface area contributed by atoms with Crippen molar-refractivity contribution in [3.8, 4) is 0 Å². The standard InChI is InChI=1S/C21H27N5O3/c1-15-13-18(20(27)22-14-16-5-4-10-29-16)25-21(23-15)24-17-6-2-3-7-19(17)26-8-11-28-12-9-26/h2-3,6-7,13,16H,4-5,8-12,14H2,1H3,(H,22,27)(H,23,24,25). The number of carbonyl (C=O) groups is 1. The van der Waals surface area contributed by atoms with Crippen LogP contribution in [0, 0.1) is 6.92 Å². The number of carbonyl (C=O) groups excluding carboxylic acids is 1.